The number of benzene rings is 1. The Hall–Kier alpha value is -2.64. The summed E-state index contributed by atoms with van der Waals surface area (Å²) in [6, 6.07) is 4.52. The second-order valence-electron chi connectivity index (χ2n) is 5.89. The summed E-state index contributed by atoms with van der Waals surface area (Å²) in [5.41, 5.74) is 0.873. The van der Waals surface area contributed by atoms with Crippen LogP contribution in [0, 0.1) is 10.1 Å². The third-order valence-electron chi connectivity index (χ3n) is 4.51. The minimum absolute atomic E-state index is 0.0369. The fourth-order valence-electron chi connectivity index (χ4n) is 2.98. The average Bonchev–Trinajstić information content (AvgIpc) is 2.59. The average molecular weight is 334 g/mol. The molecule has 1 aliphatic heterocycles. The fraction of sp³-hybridized carbons (Fsp3) is 0.500. The summed E-state index contributed by atoms with van der Waals surface area (Å²) in [5, 5.41) is 13.5. The fourth-order valence-corrected chi connectivity index (χ4v) is 2.98. The molecule has 0 bridgehead atoms. The topological polar surface area (TPSA) is 95.8 Å². The number of nitro benzene ring substituents is 1. The van der Waals surface area contributed by atoms with E-state index >= 15 is 0 Å². The Kier molecular flexibility index (Phi) is 5.38. The number of carbonyl (C=O) groups is 2. The molecule has 2 rings (SSSR count). The van der Waals surface area contributed by atoms with Gasteiger partial charge < -0.3 is 15.1 Å². The number of nitrogens with zero attached hydrogens (tertiary/aromatic N) is 3. The van der Waals surface area contributed by atoms with E-state index in [-0.39, 0.29) is 23.5 Å². The monoisotopic (exact) mass is 334 g/mol. The Labute approximate surface area is 140 Å². The molecule has 0 unspecified atom stereocenters. The Morgan fingerprint density at radius 2 is 1.96 bits per heavy atom. The van der Waals surface area contributed by atoms with Gasteiger partial charge in [0.1, 0.15) is 0 Å². The molecular weight excluding hydrogens is 312 g/mol. The summed E-state index contributed by atoms with van der Waals surface area (Å²) in [6.07, 6.45) is 1.58. The van der Waals surface area contributed by atoms with Gasteiger partial charge >= 0.3 is 0 Å². The van der Waals surface area contributed by atoms with Crippen LogP contribution in [0.15, 0.2) is 18.2 Å². The van der Waals surface area contributed by atoms with E-state index in [2.05, 4.69) is 5.32 Å². The van der Waals surface area contributed by atoms with Crippen LogP contribution in [-0.4, -0.2) is 54.9 Å². The van der Waals surface area contributed by atoms with Gasteiger partial charge in [0.15, 0.2) is 0 Å². The van der Waals surface area contributed by atoms with E-state index in [9.17, 15) is 19.7 Å². The minimum atomic E-state index is -0.510. The van der Waals surface area contributed by atoms with Gasteiger partial charge in [-0.25, -0.2) is 0 Å². The van der Waals surface area contributed by atoms with Gasteiger partial charge in [-0.3, -0.25) is 19.7 Å². The summed E-state index contributed by atoms with van der Waals surface area (Å²) in [5.74, 6) is -0.313. The first-order valence-electron chi connectivity index (χ1n) is 7.84. The first-order valence-corrected chi connectivity index (χ1v) is 7.84. The van der Waals surface area contributed by atoms with E-state index in [1.807, 2.05) is 4.90 Å². The van der Waals surface area contributed by atoms with Gasteiger partial charge in [0.2, 0.25) is 5.91 Å². The zero-order valence-electron chi connectivity index (χ0n) is 14.1. The highest BCUT2D eigenvalue weighted by molar-refractivity contribution is 6.00. The second-order valence-corrected chi connectivity index (χ2v) is 5.89. The molecule has 0 aromatic heterocycles. The first-order chi connectivity index (χ1) is 11.3. The Morgan fingerprint density at radius 3 is 2.46 bits per heavy atom. The maximum absolute atomic E-state index is 12.1. The number of nitrogens with one attached hydrogen (secondary N) is 1. The van der Waals surface area contributed by atoms with Crippen LogP contribution in [0.4, 0.5) is 11.4 Å². The molecule has 1 N–H and O–H groups in total. The number of hydrogen-bond acceptors (Lipinski definition) is 5. The zero-order valence-corrected chi connectivity index (χ0v) is 14.1. The third kappa shape index (κ3) is 3.64. The van der Waals surface area contributed by atoms with Crippen molar-refractivity contribution in [2.45, 2.75) is 25.8 Å². The molecule has 0 saturated carbocycles. The number of piperidine rings is 1. The number of carbonyl (C=O) groups excluding carboxylic acids is 2. The van der Waals surface area contributed by atoms with E-state index in [1.54, 1.807) is 24.9 Å². The highest BCUT2D eigenvalue weighted by Gasteiger charge is 2.27. The maximum atomic E-state index is 12.1. The van der Waals surface area contributed by atoms with E-state index in [4.69, 9.17) is 0 Å². The van der Waals surface area contributed by atoms with Crippen LogP contribution < -0.4 is 10.2 Å². The van der Waals surface area contributed by atoms with Crippen LogP contribution in [0.25, 0.3) is 0 Å². The largest absolute Gasteiger partial charge is 0.371 e. The second kappa shape index (κ2) is 7.29. The molecule has 130 valence electrons. The zero-order chi connectivity index (χ0) is 17.9. The lowest BCUT2D eigenvalue weighted by atomic mass is 10.0. The Balaban J connectivity index is 2.22. The Bertz CT molecular complexity index is 653. The molecule has 8 heteroatoms. The SMILES string of the molecule is CNC(=O)c1cc([N+](=O)[O-])ccc1N1CCC(N(C)C(C)=O)CC1. The van der Waals surface area contributed by atoms with Crippen molar-refractivity contribution in [3.63, 3.8) is 0 Å². The predicted molar refractivity (Wildman–Crippen MR) is 90.2 cm³/mol. The van der Waals surface area contributed by atoms with Crippen molar-refractivity contribution in [1.82, 2.24) is 10.2 Å². The van der Waals surface area contributed by atoms with Crippen molar-refractivity contribution in [3.8, 4) is 0 Å². The summed E-state index contributed by atoms with van der Waals surface area (Å²) in [6.45, 7) is 2.92. The van der Waals surface area contributed by atoms with Crippen LogP contribution in [0.3, 0.4) is 0 Å². The van der Waals surface area contributed by atoms with Gasteiger partial charge in [-0.1, -0.05) is 0 Å². The van der Waals surface area contributed by atoms with Crippen LogP contribution in [0.1, 0.15) is 30.1 Å². The molecule has 0 spiro atoms. The Morgan fingerprint density at radius 1 is 1.33 bits per heavy atom. The van der Waals surface area contributed by atoms with Crippen LogP contribution in [0.2, 0.25) is 0 Å². The number of non-ortho nitro benzene ring substituents is 1. The van der Waals surface area contributed by atoms with Crippen LogP contribution >= 0.6 is 0 Å². The quantitative estimate of drug-likeness (QED) is 0.663. The van der Waals surface area contributed by atoms with E-state index in [1.165, 1.54) is 19.2 Å². The number of anilines is 1. The number of rotatable bonds is 4. The van der Waals surface area contributed by atoms with E-state index in [0.29, 0.717) is 24.3 Å². The molecule has 24 heavy (non-hydrogen) atoms. The van der Waals surface area contributed by atoms with Gasteiger partial charge in [0.25, 0.3) is 11.6 Å². The highest BCUT2D eigenvalue weighted by Crippen LogP contribution is 2.29. The van der Waals surface area contributed by atoms with Gasteiger partial charge in [0.05, 0.1) is 16.2 Å². The molecule has 1 aromatic rings. The molecule has 1 heterocycles. The molecule has 0 atom stereocenters. The van der Waals surface area contributed by atoms with Crippen molar-refractivity contribution in [2.75, 3.05) is 32.1 Å². The normalized spacial score (nSPS) is 15.0. The van der Waals surface area contributed by atoms with Crippen molar-refractivity contribution in [2.24, 2.45) is 0 Å². The standard InChI is InChI=1S/C16H22N4O4/c1-11(21)18(3)12-6-8-19(9-7-12)15-5-4-13(20(23)24)10-14(15)16(22)17-2/h4-5,10,12H,6-9H2,1-3H3,(H,17,22). The summed E-state index contributed by atoms with van der Waals surface area (Å²) in [4.78, 5) is 37.8. The maximum Gasteiger partial charge on any atom is 0.270 e. The molecule has 1 aliphatic rings. The van der Waals surface area contributed by atoms with Crippen molar-refractivity contribution >= 4 is 23.2 Å². The van der Waals surface area contributed by atoms with E-state index in [0.717, 1.165) is 12.8 Å². The molecule has 1 aromatic carbocycles. The lowest BCUT2D eigenvalue weighted by Gasteiger charge is -2.38. The molecule has 8 nitrogen and oxygen atoms in total. The summed E-state index contributed by atoms with van der Waals surface area (Å²) < 4.78 is 0. The van der Waals surface area contributed by atoms with Crippen molar-refractivity contribution in [1.29, 1.82) is 0 Å². The molecule has 2 amide bonds. The van der Waals surface area contributed by atoms with Crippen LogP contribution in [0.5, 0.6) is 0 Å². The molecule has 1 fully saturated rings. The smallest absolute Gasteiger partial charge is 0.270 e. The van der Waals surface area contributed by atoms with Gasteiger partial charge in [0, 0.05) is 52.3 Å². The van der Waals surface area contributed by atoms with E-state index < -0.39 is 4.92 Å². The molecule has 0 aliphatic carbocycles. The van der Waals surface area contributed by atoms with Gasteiger partial charge in [-0.15, -0.1) is 0 Å². The molecular formula is C16H22N4O4. The van der Waals surface area contributed by atoms with Gasteiger partial charge in [-0.05, 0) is 18.9 Å². The summed E-state index contributed by atoms with van der Waals surface area (Å²) in [7, 11) is 3.30. The molecule has 1 saturated heterocycles. The predicted octanol–water partition coefficient (Wildman–Crippen LogP) is 1.40. The van der Waals surface area contributed by atoms with Gasteiger partial charge in [-0.2, -0.15) is 0 Å². The number of nitro groups is 1. The minimum Gasteiger partial charge on any atom is -0.371 e. The highest BCUT2D eigenvalue weighted by atomic mass is 16.6. The number of amides is 2. The lowest BCUT2D eigenvalue weighted by molar-refractivity contribution is -0.384. The number of hydrogen-bond donors (Lipinski definition) is 1. The van der Waals surface area contributed by atoms with Crippen molar-refractivity contribution in [3.05, 3.63) is 33.9 Å². The third-order valence-corrected chi connectivity index (χ3v) is 4.51. The van der Waals surface area contributed by atoms with Crippen LogP contribution in [-0.2, 0) is 4.79 Å². The lowest BCUT2D eigenvalue weighted by Crippen LogP contribution is -2.45. The summed E-state index contributed by atoms with van der Waals surface area (Å²) >= 11 is 0. The first kappa shape index (κ1) is 17.7. The molecule has 0 radical (unpaired) electrons. The van der Waals surface area contributed by atoms with Crippen molar-refractivity contribution < 1.29 is 14.5 Å².